The second-order valence-corrected chi connectivity index (χ2v) is 4.81. The summed E-state index contributed by atoms with van der Waals surface area (Å²) < 4.78 is 16.6. The third-order valence-corrected chi connectivity index (χ3v) is 3.36. The van der Waals surface area contributed by atoms with E-state index in [-0.39, 0.29) is 11.9 Å². The predicted molar refractivity (Wildman–Crippen MR) is 68.4 cm³/mol. The monoisotopic (exact) mass is 257 g/mol. The molecule has 2 aliphatic rings. The van der Waals surface area contributed by atoms with Gasteiger partial charge in [0.25, 0.3) is 0 Å². The van der Waals surface area contributed by atoms with Crippen LogP contribution in [0.4, 0.5) is 0 Å². The number of aliphatic imine (C=N–C) groups is 1. The van der Waals surface area contributed by atoms with Crippen LogP contribution in [0.2, 0.25) is 0 Å². The van der Waals surface area contributed by atoms with E-state index in [0.29, 0.717) is 32.3 Å². The maximum absolute atomic E-state index is 5.95. The lowest BCUT2D eigenvalue weighted by Crippen LogP contribution is -2.35. The van der Waals surface area contributed by atoms with Crippen LogP contribution in [0.5, 0.6) is 0 Å². The van der Waals surface area contributed by atoms with Gasteiger partial charge in [0.15, 0.2) is 11.7 Å². The van der Waals surface area contributed by atoms with E-state index in [0.717, 1.165) is 12.8 Å². The fourth-order valence-electron chi connectivity index (χ4n) is 2.42. The molecular weight excluding hydrogens is 234 g/mol. The normalized spacial score (nSPS) is 26.9. The van der Waals surface area contributed by atoms with Gasteiger partial charge in [-0.3, -0.25) is 4.99 Å². The summed E-state index contributed by atoms with van der Waals surface area (Å²) in [5.41, 5.74) is 5.72. The molecule has 1 aliphatic carbocycles. The number of methoxy groups -OCH3 is 1. The Morgan fingerprint density at radius 2 is 2.28 bits per heavy atom. The molecule has 1 heterocycles. The Bertz CT molecular complexity index is 290. The largest absolute Gasteiger partial charge is 0.383 e. The van der Waals surface area contributed by atoms with Gasteiger partial charge in [-0.05, 0) is 12.8 Å². The van der Waals surface area contributed by atoms with Crippen LogP contribution in [0.25, 0.3) is 0 Å². The highest BCUT2D eigenvalue weighted by molar-refractivity contribution is 5.77. The van der Waals surface area contributed by atoms with Gasteiger partial charge in [0.1, 0.15) is 6.10 Å². The van der Waals surface area contributed by atoms with Gasteiger partial charge in [-0.25, -0.2) is 0 Å². The Morgan fingerprint density at radius 1 is 1.50 bits per heavy atom. The molecule has 2 rings (SSSR count). The molecule has 6 nitrogen and oxygen atoms in total. The summed E-state index contributed by atoms with van der Waals surface area (Å²) in [7, 11) is 1.65. The molecule has 1 aliphatic heterocycles. The van der Waals surface area contributed by atoms with Crippen molar-refractivity contribution in [3.8, 4) is 0 Å². The minimum atomic E-state index is -0.307. The van der Waals surface area contributed by atoms with Crippen LogP contribution < -0.4 is 11.1 Å². The molecule has 1 saturated carbocycles. The van der Waals surface area contributed by atoms with Crippen molar-refractivity contribution in [3.05, 3.63) is 0 Å². The number of nitrogens with zero attached hydrogens (tertiary/aromatic N) is 1. The number of hydrogen-bond donors (Lipinski definition) is 2. The number of hydrogen-bond acceptors (Lipinski definition) is 4. The molecule has 18 heavy (non-hydrogen) atoms. The van der Waals surface area contributed by atoms with Crippen molar-refractivity contribution in [2.45, 2.75) is 37.6 Å². The minimum Gasteiger partial charge on any atom is -0.383 e. The fraction of sp³-hybridized carbons (Fsp3) is 0.917. The lowest BCUT2D eigenvalue weighted by atomic mass is 10.2. The number of nitrogens with two attached hydrogens (primary N) is 1. The summed E-state index contributed by atoms with van der Waals surface area (Å²) in [6.07, 6.45) is 4.43. The summed E-state index contributed by atoms with van der Waals surface area (Å²) in [5.74, 6) is 0.126. The van der Waals surface area contributed by atoms with Gasteiger partial charge in [0.05, 0.1) is 19.8 Å². The topological polar surface area (TPSA) is 78.1 Å². The average Bonchev–Trinajstić information content (AvgIpc) is 2.98. The maximum Gasteiger partial charge on any atom is 0.188 e. The van der Waals surface area contributed by atoms with Crippen LogP contribution in [0.3, 0.4) is 0 Å². The van der Waals surface area contributed by atoms with Crippen molar-refractivity contribution in [1.29, 1.82) is 0 Å². The predicted octanol–water partition coefficient (Wildman–Crippen LogP) is 0.223. The van der Waals surface area contributed by atoms with E-state index in [1.165, 1.54) is 12.8 Å². The third-order valence-electron chi connectivity index (χ3n) is 3.36. The average molecular weight is 257 g/mol. The van der Waals surface area contributed by atoms with Crippen LogP contribution in [0.1, 0.15) is 25.7 Å². The number of ether oxygens (including phenoxy) is 3. The second kappa shape index (κ2) is 6.36. The molecule has 0 aromatic carbocycles. The van der Waals surface area contributed by atoms with E-state index in [1.54, 1.807) is 7.11 Å². The van der Waals surface area contributed by atoms with Crippen molar-refractivity contribution in [1.82, 2.24) is 5.32 Å². The van der Waals surface area contributed by atoms with Crippen molar-refractivity contribution in [2.24, 2.45) is 10.7 Å². The van der Waals surface area contributed by atoms with Crippen LogP contribution in [-0.2, 0) is 14.2 Å². The van der Waals surface area contributed by atoms with Crippen LogP contribution in [0, 0.1) is 0 Å². The Labute approximate surface area is 108 Å². The van der Waals surface area contributed by atoms with Gasteiger partial charge in [-0.1, -0.05) is 0 Å². The van der Waals surface area contributed by atoms with E-state index in [1.807, 2.05) is 0 Å². The molecule has 1 atom stereocenters. The highest BCUT2D eigenvalue weighted by Gasteiger charge is 2.43. The number of rotatable bonds is 5. The summed E-state index contributed by atoms with van der Waals surface area (Å²) in [4.78, 5) is 4.26. The Balaban J connectivity index is 1.69. The van der Waals surface area contributed by atoms with Gasteiger partial charge in [-0.2, -0.15) is 0 Å². The van der Waals surface area contributed by atoms with Gasteiger partial charge in [-0.15, -0.1) is 0 Å². The van der Waals surface area contributed by atoms with Gasteiger partial charge >= 0.3 is 0 Å². The first-order chi connectivity index (χ1) is 8.74. The molecule has 2 fully saturated rings. The lowest BCUT2D eigenvalue weighted by Gasteiger charge is -2.21. The highest BCUT2D eigenvalue weighted by atomic mass is 16.7. The number of nitrogens with one attached hydrogen (secondary N) is 1. The van der Waals surface area contributed by atoms with Gasteiger partial charge in [0, 0.05) is 26.5 Å². The first-order valence-electron chi connectivity index (χ1n) is 6.59. The SMILES string of the molecule is COCCNC(N)=NCC1COC2(CCCC2)O1. The molecule has 104 valence electrons. The van der Waals surface area contributed by atoms with E-state index >= 15 is 0 Å². The molecule has 1 unspecified atom stereocenters. The first-order valence-corrected chi connectivity index (χ1v) is 6.59. The van der Waals surface area contributed by atoms with Crippen molar-refractivity contribution in [2.75, 3.05) is 33.4 Å². The van der Waals surface area contributed by atoms with E-state index < -0.39 is 0 Å². The highest BCUT2D eigenvalue weighted by Crippen LogP contribution is 2.39. The Morgan fingerprint density at radius 3 is 3.00 bits per heavy atom. The van der Waals surface area contributed by atoms with Crippen molar-refractivity contribution < 1.29 is 14.2 Å². The van der Waals surface area contributed by atoms with E-state index in [4.69, 9.17) is 19.9 Å². The second-order valence-electron chi connectivity index (χ2n) is 4.81. The number of guanidine groups is 1. The standard InChI is InChI=1S/C12H23N3O3/c1-16-7-6-14-11(13)15-8-10-9-17-12(18-10)4-2-3-5-12/h10H,2-9H2,1H3,(H3,13,14,15). The molecule has 0 aromatic heterocycles. The lowest BCUT2D eigenvalue weighted by molar-refractivity contribution is -0.160. The summed E-state index contributed by atoms with van der Waals surface area (Å²) in [6, 6.07) is 0. The van der Waals surface area contributed by atoms with Crippen LogP contribution in [-0.4, -0.2) is 51.3 Å². The summed E-state index contributed by atoms with van der Waals surface area (Å²) in [6.45, 7) is 2.45. The summed E-state index contributed by atoms with van der Waals surface area (Å²) in [5, 5.41) is 2.97. The van der Waals surface area contributed by atoms with Gasteiger partial charge in [0.2, 0.25) is 0 Å². The van der Waals surface area contributed by atoms with E-state index in [9.17, 15) is 0 Å². The fourth-order valence-corrected chi connectivity index (χ4v) is 2.42. The van der Waals surface area contributed by atoms with Crippen LogP contribution in [0.15, 0.2) is 4.99 Å². The molecule has 0 aromatic rings. The minimum absolute atomic E-state index is 0.0332. The van der Waals surface area contributed by atoms with Crippen molar-refractivity contribution in [3.63, 3.8) is 0 Å². The van der Waals surface area contributed by atoms with E-state index in [2.05, 4.69) is 10.3 Å². The molecule has 1 spiro atoms. The summed E-state index contributed by atoms with van der Waals surface area (Å²) >= 11 is 0. The quantitative estimate of drug-likeness (QED) is 0.418. The third kappa shape index (κ3) is 3.57. The molecule has 0 amide bonds. The maximum atomic E-state index is 5.95. The first kappa shape index (κ1) is 13.6. The molecule has 3 N–H and O–H groups in total. The van der Waals surface area contributed by atoms with Crippen molar-refractivity contribution >= 4 is 5.96 Å². The molecule has 6 heteroatoms. The molecule has 0 bridgehead atoms. The zero-order valence-electron chi connectivity index (χ0n) is 11.0. The Hall–Kier alpha value is -0.850. The van der Waals surface area contributed by atoms with Gasteiger partial charge < -0.3 is 25.3 Å². The Kier molecular flexibility index (Phi) is 4.79. The molecular formula is C12H23N3O3. The smallest absolute Gasteiger partial charge is 0.188 e. The molecule has 1 saturated heterocycles. The molecule has 0 radical (unpaired) electrons. The van der Waals surface area contributed by atoms with Crippen LogP contribution >= 0.6 is 0 Å². The zero-order valence-corrected chi connectivity index (χ0v) is 11.0. The zero-order chi connectivity index (χ0) is 12.8.